The highest BCUT2D eigenvalue weighted by atomic mass is 16.6. The largest absolute Gasteiger partial charge is 0.449 e. The number of hydrogen-bond donors (Lipinski definition) is 1. The minimum absolute atomic E-state index is 0.00363. The summed E-state index contributed by atoms with van der Waals surface area (Å²) in [5.41, 5.74) is 1.93. The van der Waals surface area contributed by atoms with E-state index in [0.29, 0.717) is 30.0 Å². The van der Waals surface area contributed by atoms with Crippen LogP contribution >= 0.6 is 0 Å². The molecule has 0 aliphatic rings. The molecule has 1 N–H and O–H groups in total. The first kappa shape index (κ1) is 20.8. The molecule has 2 rings (SSSR count). The van der Waals surface area contributed by atoms with E-state index in [4.69, 9.17) is 4.74 Å². The Labute approximate surface area is 162 Å². The summed E-state index contributed by atoms with van der Waals surface area (Å²) in [5, 5.41) is 17.8. The first-order valence-electron chi connectivity index (χ1n) is 8.61. The molecule has 1 aromatic heterocycles. The molecule has 2 aromatic rings. The van der Waals surface area contributed by atoms with Crippen molar-refractivity contribution in [2.45, 2.75) is 33.4 Å². The number of hydrogen-bond acceptors (Lipinski definition) is 6. The number of ether oxygens (including phenoxy) is 1. The van der Waals surface area contributed by atoms with E-state index < -0.39 is 22.9 Å². The van der Waals surface area contributed by atoms with Gasteiger partial charge in [0.15, 0.2) is 6.10 Å². The molecule has 0 aliphatic heterocycles. The van der Waals surface area contributed by atoms with Crippen LogP contribution in [0, 0.1) is 24.0 Å². The van der Waals surface area contributed by atoms with Crippen molar-refractivity contribution < 1.29 is 19.2 Å². The molecule has 0 aliphatic carbocycles. The van der Waals surface area contributed by atoms with Gasteiger partial charge in [-0.2, -0.15) is 5.10 Å². The van der Waals surface area contributed by atoms with E-state index in [1.807, 2.05) is 0 Å². The predicted octanol–water partition coefficient (Wildman–Crippen LogP) is 2.30. The highest BCUT2D eigenvalue weighted by Gasteiger charge is 2.22. The van der Waals surface area contributed by atoms with Crippen LogP contribution in [0.4, 0.5) is 5.69 Å². The summed E-state index contributed by atoms with van der Waals surface area (Å²) in [4.78, 5) is 34.6. The molecule has 9 nitrogen and oxygen atoms in total. The van der Waals surface area contributed by atoms with Crippen molar-refractivity contribution in [3.8, 4) is 0 Å². The molecule has 9 heteroatoms. The number of aromatic nitrogens is 2. The molecule has 1 amide bonds. The van der Waals surface area contributed by atoms with Crippen LogP contribution in [0.15, 0.2) is 36.9 Å². The van der Waals surface area contributed by atoms with Crippen LogP contribution in [0.2, 0.25) is 0 Å². The molecule has 28 heavy (non-hydrogen) atoms. The maximum atomic E-state index is 12.2. The summed E-state index contributed by atoms with van der Waals surface area (Å²) in [5.74, 6) is -1.02. The summed E-state index contributed by atoms with van der Waals surface area (Å²) in [6, 6.07) is 6.57. The van der Waals surface area contributed by atoms with Crippen LogP contribution < -0.4 is 5.32 Å². The fourth-order valence-electron chi connectivity index (χ4n) is 2.62. The van der Waals surface area contributed by atoms with Crippen LogP contribution in [0.5, 0.6) is 0 Å². The number of aryl methyl sites for hydroxylation is 1. The fraction of sp³-hybridized carbons (Fsp3) is 0.316. The van der Waals surface area contributed by atoms with Crippen LogP contribution in [0.1, 0.15) is 34.2 Å². The normalized spacial score (nSPS) is 11.5. The second-order valence-electron chi connectivity index (χ2n) is 6.21. The SMILES string of the molecule is C=CCNC(=O)[C@H](C)OC(=O)c1ccc(Cn2nc(C)c([N+](=O)[O-])c2C)cc1. The maximum absolute atomic E-state index is 12.2. The Kier molecular flexibility index (Phi) is 6.64. The molecule has 0 spiro atoms. The number of carbonyl (C=O) groups excluding carboxylic acids is 2. The molecule has 0 fully saturated rings. The van der Waals surface area contributed by atoms with Gasteiger partial charge in [0.2, 0.25) is 0 Å². The number of amides is 1. The maximum Gasteiger partial charge on any atom is 0.338 e. The number of nitrogens with zero attached hydrogens (tertiary/aromatic N) is 3. The smallest absolute Gasteiger partial charge is 0.338 e. The van der Waals surface area contributed by atoms with E-state index in [1.165, 1.54) is 13.0 Å². The van der Waals surface area contributed by atoms with Crippen LogP contribution in [0.3, 0.4) is 0 Å². The molecule has 1 aromatic carbocycles. The lowest BCUT2D eigenvalue weighted by Gasteiger charge is -2.13. The van der Waals surface area contributed by atoms with Crippen molar-refractivity contribution in [2.24, 2.45) is 0 Å². The van der Waals surface area contributed by atoms with Crippen LogP contribution in [0.25, 0.3) is 0 Å². The Bertz CT molecular complexity index is 902. The Morgan fingerprint density at radius 2 is 2.00 bits per heavy atom. The number of benzene rings is 1. The average Bonchev–Trinajstić information content (AvgIpc) is 2.93. The van der Waals surface area contributed by atoms with E-state index in [1.54, 1.807) is 42.8 Å². The van der Waals surface area contributed by atoms with Gasteiger partial charge < -0.3 is 10.1 Å². The number of nitro groups is 1. The Hall–Kier alpha value is -3.49. The fourth-order valence-corrected chi connectivity index (χ4v) is 2.62. The van der Waals surface area contributed by atoms with Gasteiger partial charge in [-0.15, -0.1) is 6.58 Å². The standard InChI is InChI=1S/C19H22N4O5/c1-5-10-20-18(24)14(4)28-19(25)16-8-6-15(7-9-16)11-22-13(3)17(23(26)27)12(2)21-22/h5-9,14H,1,10-11H2,2-4H3,(H,20,24)/t14-/m0/s1. The lowest BCUT2D eigenvalue weighted by atomic mass is 10.1. The van der Waals surface area contributed by atoms with Gasteiger partial charge in [-0.1, -0.05) is 18.2 Å². The van der Waals surface area contributed by atoms with Gasteiger partial charge in [0.25, 0.3) is 5.91 Å². The summed E-state index contributed by atoms with van der Waals surface area (Å²) in [6.07, 6.45) is 0.602. The monoisotopic (exact) mass is 386 g/mol. The molecule has 1 atom stereocenters. The molecule has 0 saturated heterocycles. The van der Waals surface area contributed by atoms with Gasteiger partial charge in [0.1, 0.15) is 11.4 Å². The summed E-state index contributed by atoms with van der Waals surface area (Å²) < 4.78 is 6.69. The van der Waals surface area contributed by atoms with Gasteiger partial charge in [-0.3, -0.25) is 19.6 Å². The number of esters is 1. The molecule has 0 radical (unpaired) electrons. The zero-order valence-electron chi connectivity index (χ0n) is 16.0. The van der Waals surface area contributed by atoms with Gasteiger partial charge >= 0.3 is 11.7 Å². The summed E-state index contributed by atoms with van der Waals surface area (Å²) in [6.45, 7) is 8.84. The number of nitrogens with one attached hydrogen (secondary N) is 1. The van der Waals surface area contributed by atoms with E-state index in [-0.39, 0.29) is 5.69 Å². The third kappa shape index (κ3) is 4.81. The van der Waals surface area contributed by atoms with Crippen molar-refractivity contribution in [1.29, 1.82) is 0 Å². The zero-order chi connectivity index (χ0) is 20.8. The molecule has 148 valence electrons. The number of carbonyl (C=O) groups is 2. The first-order chi connectivity index (χ1) is 13.2. The van der Waals surface area contributed by atoms with E-state index in [0.717, 1.165) is 5.56 Å². The van der Waals surface area contributed by atoms with E-state index in [2.05, 4.69) is 17.0 Å². The quantitative estimate of drug-likeness (QED) is 0.322. The average molecular weight is 386 g/mol. The third-order valence-corrected chi connectivity index (χ3v) is 4.12. The topological polar surface area (TPSA) is 116 Å². The summed E-state index contributed by atoms with van der Waals surface area (Å²) in [7, 11) is 0. The Morgan fingerprint density at radius 1 is 1.36 bits per heavy atom. The lowest BCUT2D eigenvalue weighted by Crippen LogP contribution is -2.35. The van der Waals surface area contributed by atoms with Crippen molar-refractivity contribution in [3.05, 3.63) is 69.5 Å². The third-order valence-electron chi connectivity index (χ3n) is 4.12. The van der Waals surface area contributed by atoms with Gasteiger partial charge in [-0.25, -0.2) is 4.79 Å². The van der Waals surface area contributed by atoms with Crippen molar-refractivity contribution in [3.63, 3.8) is 0 Å². The molecule has 0 saturated carbocycles. The Balaban J connectivity index is 2.04. The van der Waals surface area contributed by atoms with Gasteiger partial charge in [-0.05, 0) is 38.5 Å². The lowest BCUT2D eigenvalue weighted by molar-refractivity contribution is -0.386. The molecule has 0 unspecified atom stereocenters. The Morgan fingerprint density at radius 3 is 2.54 bits per heavy atom. The van der Waals surface area contributed by atoms with Crippen molar-refractivity contribution >= 4 is 17.6 Å². The second-order valence-corrected chi connectivity index (χ2v) is 6.21. The predicted molar refractivity (Wildman–Crippen MR) is 102 cm³/mol. The summed E-state index contributed by atoms with van der Waals surface area (Å²) >= 11 is 0. The highest BCUT2D eigenvalue weighted by Crippen LogP contribution is 2.22. The number of rotatable bonds is 8. The second kappa shape index (κ2) is 8.94. The highest BCUT2D eigenvalue weighted by molar-refractivity contribution is 5.92. The van der Waals surface area contributed by atoms with Gasteiger partial charge in [0.05, 0.1) is 17.0 Å². The minimum atomic E-state index is -0.928. The van der Waals surface area contributed by atoms with Crippen LogP contribution in [-0.4, -0.2) is 39.2 Å². The first-order valence-corrected chi connectivity index (χ1v) is 8.61. The van der Waals surface area contributed by atoms with E-state index in [9.17, 15) is 19.7 Å². The van der Waals surface area contributed by atoms with Crippen molar-refractivity contribution in [2.75, 3.05) is 6.54 Å². The van der Waals surface area contributed by atoms with Crippen LogP contribution in [-0.2, 0) is 16.1 Å². The molecular formula is C19H22N4O5. The zero-order valence-corrected chi connectivity index (χ0v) is 16.0. The molecule has 1 heterocycles. The molecule has 0 bridgehead atoms. The molecular weight excluding hydrogens is 364 g/mol. The minimum Gasteiger partial charge on any atom is -0.449 e. The van der Waals surface area contributed by atoms with Crippen molar-refractivity contribution in [1.82, 2.24) is 15.1 Å². The van der Waals surface area contributed by atoms with E-state index >= 15 is 0 Å². The van der Waals surface area contributed by atoms with Gasteiger partial charge in [0, 0.05) is 6.54 Å².